The van der Waals surface area contributed by atoms with Crippen LogP contribution in [0.1, 0.15) is 31.7 Å². The quantitative estimate of drug-likeness (QED) is 0.757. The van der Waals surface area contributed by atoms with E-state index >= 15 is 0 Å². The molecule has 1 amide bonds. The lowest BCUT2D eigenvalue weighted by Crippen LogP contribution is -2.26. The van der Waals surface area contributed by atoms with E-state index in [0.29, 0.717) is 23.8 Å². The SMILES string of the molecule is CCc1ccc(OCC(=O)Nc2ccccc2OCC2CCCCO2)cc1. The van der Waals surface area contributed by atoms with Crippen molar-refractivity contribution in [2.45, 2.75) is 38.7 Å². The van der Waals surface area contributed by atoms with Crippen LogP contribution < -0.4 is 14.8 Å². The minimum absolute atomic E-state index is 0.0501. The number of benzene rings is 2. The highest BCUT2D eigenvalue weighted by Gasteiger charge is 2.16. The van der Waals surface area contributed by atoms with Gasteiger partial charge in [-0.15, -0.1) is 0 Å². The van der Waals surface area contributed by atoms with Crippen molar-refractivity contribution in [1.82, 2.24) is 0 Å². The Morgan fingerprint density at radius 2 is 1.93 bits per heavy atom. The molecule has 1 fully saturated rings. The standard InChI is InChI=1S/C22H27NO4/c1-2-17-10-12-18(13-11-17)26-16-22(24)23-20-8-3-4-9-21(20)27-15-19-7-5-6-14-25-19/h3-4,8-13,19H,2,5-7,14-16H2,1H3,(H,23,24). The van der Waals surface area contributed by atoms with Gasteiger partial charge in [0.25, 0.3) is 5.91 Å². The number of para-hydroxylation sites is 2. The van der Waals surface area contributed by atoms with Gasteiger partial charge >= 0.3 is 0 Å². The Balaban J connectivity index is 1.50. The van der Waals surface area contributed by atoms with Crippen molar-refractivity contribution in [2.24, 2.45) is 0 Å². The van der Waals surface area contributed by atoms with Gasteiger partial charge in [-0.25, -0.2) is 0 Å². The third-order valence-corrected chi connectivity index (χ3v) is 4.56. The first kappa shape index (κ1) is 19.2. The summed E-state index contributed by atoms with van der Waals surface area (Å²) in [5.74, 6) is 1.10. The van der Waals surface area contributed by atoms with Gasteiger partial charge in [-0.2, -0.15) is 0 Å². The minimum Gasteiger partial charge on any atom is -0.489 e. The van der Waals surface area contributed by atoms with Crippen LogP contribution in [0, 0.1) is 0 Å². The molecule has 0 radical (unpaired) electrons. The molecular formula is C22H27NO4. The molecular weight excluding hydrogens is 342 g/mol. The van der Waals surface area contributed by atoms with Crippen LogP contribution in [0.3, 0.4) is 0 Å². The highest BCUT2D eigenvalue weighted by Crippen LogP contribution is 2.25. The Kier molecular flexibility index (Phi) is 7.11. The molecule has 0 aromatic heterocycles. The van der Waals surface area contributed by atoms with E-state index in [4.69, 9.17) is 14.2 Å². The maximum atomic E-state index is 12.3. The second-order valence-electron chi connectivity index (χ2n) is 6.63. The number of aryl methyl sites for hydroxylation is 1. The molecule has 0 saturated carbocycles. The molecule has 1 aliphatic heterocycles. The van der Waals surface area contributed by atoms with Gasteiger partial charge in [0.15, 0.2) is 6.61 Å². The van der Waals surface area contributed by atoms with E-state index in [9.17, 15) is 4.79 Å². The summed E-state index contributed by atoms with van der Waals surface area (Å²) in [6, 6.07) is 15.2. The Labute approximate surface area is 160 Å². The summed E-state index contributed by atoms with van der Waals surface area (Å²) in [6.07, 6.45) is 4.40. The summed E-state index contributed by atoms with van der Waals surface area (Å²) in [5, 5.41) is 2.86. The van der Waals surface area contributed by atoms with E-state index in [1.54, 1.807) is 0 Å². The lowest BCUT2D eigenvalue weighted by Gasteiger charge is -2.23. The molecule has 27 heavy (non-hydrogen) atoms. The summed E-state index contributed by atoms with van der Waals surface area (Å²) in [4.78, 5) is 12.3. The van der Waals surface area contributed by atoms with Gasteiger partial charge in [0, 0.05) is 6.61 Å². The van der Waals surface area contributed by atoms with Gasteiger partial charge in [0.05, 0.1) is 11.8 Å². The second-order valence-corrected chi connectivity index (χ2v) is 6.63. The Hall–Kier alpha value is -2.53. The predicted octanol–water partition coefficient (Wildman–Crippen LogP) is 4.21. The normalized spacial score (nSPS) is 16.6. The molecule has 1 heterocycles. The third kappa shape index (κ3) is 6.00. The van der Waals surface area contributed by atoms with Gasteiger partial charge in [-0.1, -0.05) is 31.2 Å². The fourth-order valence-electron chi connectivity index (χ4n) is 2.97. The first-order chi connectivity index (χ1) is 13.2. The zero-order chi connectivity index (χ0) is 18.9. The van der Waals surface area contributed by atoms with Crippen molar-refractivity contribution in [3.63, 3.8) is 0 Å². The largest absolute Gasteiger partial charge is 0.489 e. The number of anilines is 1. The zero-order valence-electron chi connectivity index (χ0n) is 15.8. The number of nitrogens with one attached hydrogen (secondary N) is 1. The number of hydrogen-bond donors (Lipinski definition) is 1. The summed E-state index contributed by atoms with van der Waals surface area (Å²) in [6.45, 7) is 3.34. The molecule has 2 aromatic rings. The smallest absolute Gasteiger partial charge is 0.262 e. The summed E-state index contributed by atoms with van der Waals surface area (Å²) in [5.41, 5.74) is 1.88. The first-order valence-corrected chi connectivity index (χ1v) is 9.59. The van der Waals surface area contributed by atoms with E-state index < -0.39 is 0 Å². The molecule has 1 N–H and O–H groups in total. The summed E-state index contributed by atoms with van der Waals surface area (Å²) in [7, 11) is 0. The average molecular weight is 369 g/mol. The Morgan fingerprint density at radius 1 is 1.11 bits per heavy atom. The van der Waals surface area contributed by atoms with Crippen LogP contribution in [0.25, 0.3) is 0 Å². The van der Waals surface area contributed by atoms with Crippen molar-refractivity contribution >= 4 is 11.6 Å². The van der Waals surface area contributed by atoms with E-state index in [-0.39, 0.29) is 18.6 Å². The Bertz CT molecular complexity index is 723. The van der Waals surface area contributed by atoms with Crippen molar-refractivity contribution in [3.8, 4) is 11.5 Å². The number of carbonyl (C=O) groups is 1. The third-order valence-electron chi connectivity index (χ3n) is 4.56. The van der Waals surface area contributed by atoms with Crippen molar-refractivity contribution in [1.29, 1.82) is 0 Å². The molecule has 1 unspecified atom stereocenters. The first-order valence-electron chi connectivity index (χ1n) is 9.59. The molecule has 1 atom stereocenters. The number of carbonyl (C=O) groups excluding carboxylic acids is 1. The van der Waals surface area contributed by atoms with E-state index in [1.807, 2.05) is 48.5 Å². The minimum atomic E-state index is -0.223. The maximum absolute atomic E-state index is 12.3. The van der Waals surface area contributed by atoms with Crippen LogP contribution in [0.5, 0.6) is 11.5 Å². The van der Waals surface area contributed by atoms with Crippen LogP contribution in [-0.4, -0.2) is 31.8 Å². The van der Waals surface area contributed by atoms with Crippen molar-refractivity contribution in [2.75, 3.05) is 25.1 Å². The monoisotopic (exact) mass is 369 g/mol. The molecule has 1 aliphatic rings. The van der Waals surface area contributed by atoms with Crippen LogP contribution >= 0.6 is 0 Å². The van der Waals surface area contributed by atoms with E-state index in [0.717, 1.165) is 25.9 Å². The molecule has 0 spiro atoms. The highest BCUT2D eigenvalue weighted by molar-refractivity contribution is 5.93. The fraction of sp³-hybridized carbons (Fsp3) is 0.409. The number of hydrogen-bond acceptors (Lipinski definition) is 4. The van der Waals surface area contributed by atoms with Crippen molar-refractivity contribution in [3.05, 3.63) is 54.1 Å². The summed E-state index contributed by atoms with van der Waals surface area (Å²) >= 11 is 0. The topological polar surface area (TPSA) is 56.8 Å². The lowest BCUT2D eigenvalue weighted by molar-refractivity contribution is -0.118. The fourth-order valence-corrected chi connectivity index (χ4v) is 2.97. The number of amides is 1. The molecule has 5 heteroatoms. The average Bonchev–Trinajstić information content (AvgIpc) is 2.73. The lowest BCUT2D eigenvalue weighted by atomic mass is 10.1. The van der Waals surface area contributed by atoms with Gasteiger partial charge in [0.1, 0.15) is 18.1 Å². The predicted molar refractivity (Wildman–Crippen MR) is 105 cm³/mol. The van der Waals surface area contributed by atoms with E-state index in [1.165, 1.54) is 12.0 Å². The van der Waals surface area contributed by atoms with Crippen LogP contribution in [0.2, 0.25) is 0 Å². The van der Waals surface area contributed by atoms with Gasteiger partial charge in [0.2, 0.25) is 0 Å². The van der Waals surface area contributed by atoms with Crippen LogP contribution in [0.15, 0.2) is 48.5 Å². The van der Waals surface area contributed by atoms with Gasteiger partial charge < -0.3 is 19.5 Å². The molecule has 5 nitrogen and oxygen atoms in total. The molecule has 2 aromatic carbocycles. The maximum Gasteiger partial charge on any atom is 0.262 e. The van der Waals surface area contributed by atoms with E-state index in [2.05, 4.69) is 12.2 Å². The molecule has 0 bridgehead atoms. The van der Waals surface area contributed by atoms with Crippen LogP contribution in [-0.2, 0) is 16.0 Å². The highest BCUT2D eigenvalue weighted by atomic mass is 16.5. The second kappa shape index (κ2) is 9.97. The molecule has 0 aliphatic carbocycles. The number of ether oxygens (including phenoxy) is 3. The number of rotatable bonds is 8. The van der Waals surface area contributed by atoms with Crippen molar-refractivity contribution < 1.29 is 19.0 Å². The van der Waals surface area contributed by atoms with Gasteiger partial charge in [-0.3, -0.25) is 4.79 Å². The molecule has 3 rings (SSSR count). The molecule has 144 valence electrons. The Morgan fingerprint density at radius 3 is 2.67 bits per heavy atom. The zero-order valence-corrected chi connectivity index (χ0v) is 15.8. The van der Waals surface area contributed by atoms with Gasteiger partial charge in [-0.05, 0) is 55.5 Å². The molecule has 1 saturated heterocycles. The van der Waals surface area contributed by atoms with Crippen LogP contribution in [0.4, 0.5) is 5.69 Å². The summed E-state index contributed by atoms with van der Waals surface area (Å²) < 4.78 is 17.1.